The summed E-state index contributed by atoms with van der Waals surface area (Å²) in [6.45, 7) is 1.97. The molecule has 1 aliphatic heterocycles. The van der Waals surface area contributed by atoms with E-state index in [1.54, 1.807) is 6.07 Å². The van der Waals surface area contributed by atoms with Gasteiger partial charge in [-0.2, -0.15) is 0 Å². The Morgan fingerprint density at radius 1 is 1.28 bits per heavy atom. The molecule has 0 aliphatic carbocycles. The topological polar surface area (TPSA) is 27.3 Å². The van der Waals surface area contributed by atoms with E-state index in [2.05, 4.69) is 15.8 Å². The molecule has 1 aliphatic rings. The Labute approximate surface area is 116 Å². The van der Waals surface area contributed by atoms with Crippen LogP contribution in [-0.4, -0.2) is 23.2 Å². The second-order valence-electron chi connectivity index (χ2n) is 4.24. The van der Waals surface area contributed by atoms with E-state index in [0.717, 1.165) is 13.1 Å². The molecule has 0 aromatic heterocycles. The van der Waals surface area contributed by atoms with Gasteiger partial charge in [0.25, 0.3) is 0 Å². The lowest BCUT2D eigenvalue weighted by atomic mass is 10.2. The van der Waals surface area contributed by atoms with E-state index in [4.69, 9.17) is 23.8 Å². The van der Waals surface area contributed by atoms with Crippen molar-refractivity contribution in [3.63, 3.8) is 0 Å². The number of thiocarbonyl (C=S) groups is 1. The van der Waals surface area contributed by atoms with Crippen molar-refractivity contribution in [2.24, 2.45) is 0 Å². The third kappa shape index (κ3) is 3.80. The predicted molar refractivity (Wildman–Crippen MR) is 76.2 cm³/mol. The van der Waals surface area contributed by atoms with Gasteiger partial charge < -0.3 is 5.32 Å². The average molecular weight is 288 g/mol. The van der Waals surface area contributed by atoms with E-state index in [0.29, 0.717) is 10.8 Å². The van der Waals surface area contributed by atoms with Crippen molar-refractivity contribution in [3.8, 4) is 0 Å². The SMILES string of the molecule is Fc1cc(NC(=S)NN2CCCCC2)ccc1Cl. The van der Waals surface area contributed by atoms with Gasteiger partial charge in [-0.1, -0.05) is 18.0 Å². The second kappa shape index (κ2) is 6.31. The smallest absolute Gasteiger partial charge is 0.185 e. The van der Waals surface area contributed by atoms with E-state index >= 15 is 0 Å². The highest BCUT2D eigenvalue weighted by atomic mass is 35.5. The summed E-state index contributed by atoms with van der Waals surface area (Å²) in [7, 11) is 0. The highest BCUT2D eigenvalue weighted by Crippen LogP contribution is 2.18. The first-order valence-electron chi connectivity index (χ1n) is 5.93. The molecule has 2 rings (SSSR count). The molecule has 6 heteroatoms. The molecule has 0 unspecified atom stereocenters. The molecule has 0 saturated carbocycles. The first kappa shape index (κ1) is 13.5. The van der Waals surface area contributed by atoms with Gasteiger partial charge in [0.2, 0.25) is 0 Å². The van der Waals surface area contributed by atoms with E-state index < -0.39 is 5.82 Å². The van der Waals surface area contributed by atoms with Crippen molar-refractivity contribution < 1.29 is 4.39 Å². The summed E-state index contributed by atoms with van der Waals surface area (Å²) in [6, 6.07) is 4.52. The summed E-state index contributed by atoms with van der Waals surface area (Å²) in [5.74, 6) is -0.456. The maximum absolute atomic E-state index is 13.2. The van der Waals surface area contributed by atoms with Crippen molar-refractivity contribution in [2.75, 3.05) is 18.4 Å². The molecule has 3 nitrogen and oxygen atoms in total. The quantitative estimate of drug-likeness (QED) is 0.817. The molecule has 0 atom stereocenters. The molecule has 1 aromatic carbocycles. The Kier molecular flexibility index (Phi) is 4.74. The van der Waals surface area contributed by atoms with Crippen LogP contribution >= 0.6 is 23.8 Å². The Hall–Kier alpha value is -0.910. The molecule has 1 saturated heterocycles. The Morgan fingerprint density at radius 3 is 2.67 bits per heavy atom. The zero-order valence-corrected chi connectivity index (χ0v) is 11.5. The third-order valence-electron chi connectivity index (χ3n) is 2.79. The van der Waals surface area contributed by atoms with Crippen LogP contribution in [0.25, 0.3) is 0 Å². The summed E-state index contributed by atoms with van der Waals surface area (Å²) in [5.41, 5.74) is 3.69. The van der Waals surface area contributed by atoms with E-state index in [-0.39, 0.29) is 5.02 Å². The zero-order valence-electron chi connectivity index (χ0n) is 9.88. The lowest BCUT2D eigenvalue weighted by Gasteiger charge is -2.28. The number of hydrogen-bond acceptors (Lipinski definition) is 2. The largest absolute Gasteiger partial charge is 0.332 e. The highest BCUT2D eigenvalue weighted by molar-refractivity contribution is 7.80. The summed E-state index contributed by atoms with van der Waals surface area (Å²) in [5, 5.41) is 5.59. The van der Waals surface area contributed by atoms with Crippen molar-refractivity contribution in [1.82, 2.24) is 10.4 Å². The standard InChI is InChI=1S/C12H15ClFN3S/c13-10-5-4-9(8-11(10)14)15-12(18)16-17-6-2-1-3-7-17/h4-5,8H,1-3,6-7H2,(H2,15,16,18). The number of nitrogens with one attached hydrogen (secondary N) is 2. The van der Waals surface area contributed by atoms with Crippen molar-refractivity contribution in [2.45, 2.75) is 19.3 Å². The fourth-order valence-corrected chi connectivity index (χ4v) is 2.25. The van der Waals surface area contributed by atoms with Crippen LogP contribution in [0.1, 0.15) is 19.3 Å². The molecule has 1 heterocycles. The maximum atomic E-state index is 13.2. The minimum Gasteiger partial charge on any atom is -0.332 e. The monoisotopic (exact) mass is 287 g/mol. The van der Waals surface area contributed by atoms with E-state index in [9.17, 15) is 4.39 Å². The number of hydrazine groups is 1. The van der Waals surface area contributed by atoms with Crippen LogP contribution in [0.15, 0.2) is 18.2 Å². The lowest BCUT2D eigenvalue weighted by Crippen LogP contribution is -2.46. The molecular weight excluding hydrogens is 273 g/mol. The maximum Gasteiger partial charge on any atom is 0.185 e. The first-order chi connectivity index (χ1) is 8.65. The predicted octanol–water partition coefficient (Wildman–Crippen LogP) is 3.17. The Bertz CT molecular complexity index is 435. The molecule has 0 amide bonds. The normalized spacial score (nSPS) is 16.3. The van der Waals surface area contributed by atoms with Gasteiger partial charge in [0.15, 0.2) is 5.11 Å². The van der Waals surface area contributed by atoms with Crippen LogP contribution in [0.4, 0.5) is 10.1 Å². The molecule has 98 valence electrons. The molecule has 18 heavy (non-hydrogen) atoms. The summed E-state index contributed by atoms with van der Waals surface area (Å²) in [6.07, 6.45) is 3.61. The van der Waals surface area contributed by atoms with E-state index in [1.165, 1.54) is 31.4 Å². The van der Waals surface area contributed by atoms with Gasteiger partial charge in [-0.25, -0.2) is 9.40 Å². The van der Waals surface area contributed by atoms with Crippen molar-refractivity contribution in [1.29, 1.82) is 0 Å². The van der Waals surface area contributed by atoms with Gasteiger partial charge >= 0.3 is 0 Å². The molecular formula is C12H15ClFN3S. The van der Waals surface area contributed by atoms with Crippen molar-refractivity contribution in [3.05, 3.63) is 29.0 Å². The van der Waals surface area contributed by atoms with Crippen LogP contribution < -0.4 is 10.7 Å². The summed E-state index contributed by atoms with van der Waals surface area (Å²) in [4.78, 5) is 0. The zero-order chi connectivity index (χ0) is 13.0. The third-order valence-corrected chi connectivity index (χ3v) is 3.29. The van der Waals surface area contributed by atoms with Gasteiger partial charge in [-0.3, -0.25) is 5.43 Å². The van der Waals surface area contributed by atoms with Gasteiger partial charge in [-0.05, 0) is 43.3 Å². The number of anilines is 1. The van der Waals surface area contributed by atoms with Crippen LogP contribution in [0, 0.1) is 5.82 Å². The number of hydrogen-bond donors (Lipinski definition) is 2. The number of nitrogens with zero attached hydrogens (tertiary/aromatic N) is 1. The van der Waals surface area contributed by atoms with Crippen LogP contribution in [0.5, 0.6) is 0 Å². The fourth-order valence-electron chi connectivity index (χ4n) is 1.88. The van der Waals surface area contributed by atoms with Gasteiger partial charge in [-0.15, -0.1) is 0 Å². The number of piperidine rings is 1. The lowest BCUT2D eigenvalue weighted by molar-refractivity contribution is 0.196. The molecule has 2 N–H and O–H groups in total. The number of benzene rings is 1. The second-order valence-corrected chi connectivity index (χ2v) is 5.06. The van der Waals surface area contributed by atoms with Crippen LogP contribution in [0.2, 0.25) is 5.02 Å². The number of rotatable bonds is 2. The summed E-state index contributed by atoms with van der Waals surface area (Å²) >= 11 is 10.8. The Balaban J connectivity index is 1.88. The molecule has 0 radical (unpaired) electrons. The highest BCUT2D eigenvalue weighted by Gasteiger charge is 2.11. The average Bonchev–Trinajstić information content (AvgIpc) is 2.35. The van der Waals surface area contributed by atoms with E-state index in [1.807, 2.05) is 0 Å². The molecule has 0 bridgehead atoms. The minimum absolute atomic E-state index is 0.107. The molecule has 1 fully saturated rings. The number of halogens is 2. The van der Waals surface area contributed by atoms with Crippen molar-refractivity contribution >= 4 is 34.6 Å². The first-order valence-corrected chi connectivity index (χ1v) is 6.71. The van der Waals surface area contributed by atoms with Gasteiger partial charge in [0, 0.05) is 18.8 Å². The van der Waals surface area contributed by atoms with Gasteiger partial charge in [0.1, 0.15) is 5.82 Å². The Morgan fingerprint density at radius 2 is 2.00 bits per heavy atom. The van der Waals surface area contributed by atoms with Crippen LogP contribution in [0.3, 0.4) is 0 Å². The molecule has 0 spiro atoms. The molecule has 1 aromatic rings. The minimum atomic E-state index is -0.456. The fraction of sp³-hybridized carbons (Fsp3) is 0.417. The summed E-state index contributed by atoms with van der Waals surface area (Å²) < 4.78 is 13.2. The van der Waals surface area contributed by atoms with Gasteiger partial charge in [0.05, 0.1) is 5.02 Å². The van der Waals surface area contributed by atoms with Crippen LogP contribution in [-0.2, 0) is 0 Å².